The molecule has 0 aromatic carbocycles. The van der Waals surface area contributed by atoms with Crippen LogP contribution in [-0.2, 0) is 9.22 Å². The van der Waals surface area contributed by atoms with Crippen molar-refractivity contribution < 1.29 is 9.22 Å². The number of carbonyl (C=O) groups is 1. The molecule has 0 aromatic rings. The van der Waals surface area contributed by atoms with Crippen LogP contribution in [0, 0.1) is 0 Å². The van der Waals surface area contributed by atoms with Crippen molar-refractivity contribution in [1.82, 2.24) is 5.32 Å². The lowest BCUT2D eigenvalue weighted by Crippen LogP contribution is -2.62. The number of nitrogens with one attached hydrogen (secondary N) is 1. The largest absolute Gasteiger partial charge is 0.414 e. The quantitative estimate of drug-likeness (QED) is 0.172. The van der Waals surface area contributed by atoms with E-state index in [0.717, 1.165) is 32.1 Å². The summed E-state index contributed by atoms with van der Waals surface area (Å²) < 4.78 is 7.34. The molecule has 0 aromatic heterocycles. The Morgan fingerprint density at radius 2 is 1.61 bits per heavy atom. The minimum Gasteiger partial charge on any atom is -0.414 e. The molecule has 3 nitrogen and oxygen atoms in total. The van der Waals surface area contributed by atoms with E-state index >= 15 is 0 Å². The summed E-state index contributed by atoms with van der Waals surface area (Å²) in [4.78, 5) is 11.4. The van der Waals surface area contributed by atoms with E-state index in [1.54, 1.807) is 0 Å². The van der Waals surface area contributed by atoms with Gasteiger partial charge in [-0.05, 0) is 49.9 Å². The normalized spacial score (nSPS) is 15.2. The predicted molar refractivity (Wildman–Crippen MR) is 130 cm³/mol. The molecule has 0 radical (unpaired) electrons. The third kappa shape index (κ3) is 6.84. The minimum atomic E-state index is -1.97. The molecule has 0 bridgehead atoms. The first-order chi connectivity index (χ1) is 12.9. The number of unbranched alkanes of at least 4 members (excludes halogenated alkanes) is 1. The first-order valence-corrected chi connectivity index (χ1v) is 17.6. The van der Waals surface area contributed by atoms with Gasteiger partial charge in [0.25, 0.3) is 0 Å². The molecule has 166 valence electrons. The van der Waals surface area contributed by atoms with Gasteiger partial charge in [0, 0.05) is 11.8 Å². The second-order valence-corrected chi connectivity index (χ2v) is 19.4. The van der Waals surface area contributed by atoms with E-state index in [0.29, 0.717) is 6.54 Å². The van der Waals surface area contributed by atoms with Crippen molar-refractivity contribution >= 4 is 22.3 Å². The summed E-state index contributed by atoms with van der Waals surface area (Å²) >= 11 is 0. The topological polar surface area (TPSA) is 38.3 Å². The monoisotopic (exact) mass is 427 g/mol. The SMILES string of the molecule is C=CC(=O)NCCCC(C)(CC)[Si](C)(C)OC(CC)(CC)[Si](C)(C)CCCC. The van der Waals surface area contributed by atoms with Crippen molar-refractivity contribution in [2.75, 3.05) is 6.54 Å². The first-order valence-electron chi connectivity index (χ1n) is 11.5. The highest BCUT2D eigenvalue weighted by molar-refractivity contribution is 6.82. The fourth-order valence-electron chi connectivity index (χ4n) is 4.61. The smallest absolute Gasteiger partial charge is 0.243 e. The van der Waals surface area contributed by atoms with Crippen LogP contribution in [0.25, 0.3) is 0 Å². The van der Waals surface area contributed by atoms with Crippen LogP contribution >= 0.6 is 0 Å². The molecule has 0 aliphatic heterocycles. The Balaban J connectivity index is 5.45. The lowest BCUT2D eigenvalue weighted by Gasteiger charge is -2.53. The Morgan fingerprint density at radius 1 is 1.04 bits per heavy atom. The summed E-state index contributed by atoms with van der Waals surface area (Å²) in [7, 11) is -3.49. The maximum absolute atomic E-state index is 11.4. The van der Waals surface area contributed by atoms with Gasteiger partial charge in [-0.15, -0.1) is 0 Å². The standard InChI is InChI=1S/C23H49NO2Si2/c1-11-16-20-27(7,8)23(14-4,15-5)26-28(9,10)22(6,13-3)18-17-19-24-21(25)12-2/h12H,2,11,13-20H2,1,3-10H3,(H,24,25). The van der Waals surface area contributed by atoms with Crippen LogP contribution in [0.4, 0.5) is 0 Å². The average Bonchev–Trinajstić information content (AvgIpc) is 2.66. The molecule has 0 saturated carbocycles. The van der Waals surface area contributed by atoms with Gasteiger partial charge >= 0.3 is 0 Å². The molecule has 0 heterocycles. The molecule has 0 aliphatic carbocycles. The van der Waals surface area contributed by atoms with Crippen LogP contribution in [0.5, 0.6) is 0 Å². The van der Waals surface area contributed by atoms with Crippen molar-refractivity contribution in [2.24, 2.45) is 0 Å². The molecule has 1 unspecified atom stereocenters. The first kappa shape index (κ1) is 27.6. The summed E-state index contributed by atoms with van der Waals surface area (Å²) in [6, 6.07) is 1.35. The molecule has 28 heavy (non-hydrogen) atoms. The maximum atomic E-state index is 11.4. The van der Waals surface area contributed by atoms with Gasteiger partial charge < -0.3 is 9.74 Å². The highest BCUT2D eigenvalue weighted by Crippen LogP contribution is 2.50. The number of amides is 1. The minimum absolute atomic E-state index is 0.0748. The molecule has 5 heteroatoms. The maximum Gasteiger partial charge on any atom is 0.243 e. The Morgan fingerprint density at radius 3 is 2.04 bits per heavy atom. The van der Waals surface area contributed by atoms with Gasteiger partial charge in [0.05, 0.1) is 8.07 Å². The predicted octanol–water partition coefficient (Wildman–Crippen LogP) is 7.07. The van der Waals surface area contributed by atoms with Gasteiger partial charge in [0.2, 0.25) is 5.91 Å². The molecule has 0 spiro atoms. The molecule has 1 N–H and O–H groups in total. The zero-order chi connectivity index (χ0) is 22.1. The lowest BCUT2D eigenvalue weighted by molar-refractivity contribution is -0.116. The van der Waals surface area contributed by atoms with Gasteiger partial charge in [0.1, 0.15) is 0 Å². The highest BCUT2D eigenvalue weighted by atomic mass is 28.4. The molecular weight excluding hydrogens is 378 g/mol. The average molecular weight is 428 g/mol. The van der Waals surface area contributed by atoms with Crippen LogP contribution < -0.4 is 5.32 Å². The Labute approximate surface area is 178 Å². The summed E-state index contributed by atoms with van der Waals surface area (Å²) in [5, 5.41) is 3.20. The highest BCUT2D eigenvalue weighted by Gasteiger charge is 2.52. The molecule has 0 aliphatic rings. The summed E-state index contributed by atoms with van der Waals surface area (Å²) in [6.45, 7) is 25.9. The van der Waals surface area contributed by atoms with Crippen LogP contribution in [-0.4, -0.2) is 34.1 Å². The van der Waals surface area contributed by atoms with E-state index < -0.39 is 16.4 Å². The number of hydrogen-bond acceptors (Lipinski definition) is 2. The van der Waals surface area contributed by atoms with Gasteiger partial charge in [-0.3, -0.25) is 4.79 Å². The third-order valence-corrected chi connectivity index (χ3v) is 17.1. The van der Waals surface area contributed by atoms with E-state index in [4.69, 9.17) is 4.43 Å². The molecule has 0 saturated heterocycles. The molecule has 1 atom stereocenters. The molecule has 1 amide bonds. The van der Waals surface area contributed by atoms with Crippen molar-refractivity contribution in [3.05, 3.63) is 12.7 Å². The van der Waals surface area contributed by atoms with E-state index in [9.17, 15) is 4.79 Å². The van der Waals surface area contributed by atoms with Gasteiger partial charge in [0.15, 0.2) is 8.32 Å². The van der Waals surface area contributed by atoms with Crippen molar-refractivity contribution in [2.45, 2.75) is 122 Å². The third-order valence-electron chi connectivity index (χ3n) is 7.61. The van der Waals surface area contributed by atoms with Crippen molar-refractivity contribution in [3.63, 3.8) is 0 Å². The van der Waals surface area contributed by atoms with Gasteiger partial charge in [-0.25, -0.2) is 0 Å². The summed E-state index contributed by atoms with van der Waals surface area (Å²) in [5.74, 6) is -0.0781. The Kier molecular flexibility index (Phi) is 11.5. The molecule has 0 fully saturated rings. The van der Waals surface area contributed by atoms with E-state index in [2.05, 4.69) is 72.7 Å². The number of hydrogen-bond donors (Lipinski definition) is 1. The zero-order valence-corrected chi connectivity index (χ0v) is 22.5. The lowest BCUT2D eigenvalue weighted by atomic mass is 10.0. The van der Waals surface area contributed by atoms with Crippen molar-refractivity contribution in [1.29, 1.82) is 0 Å². The Hall–Kier alpha value is -0.396. The zero-order valence-electron chi connectivity index (χ0n) is 20.5. The van der Waals surface area contributed by atoms with Crippen LogP contribution in [0.2, 0.25) is 37.3 Å². The van der Waals surface area contributed by atoms with E-state index in [-0.39, 0.29) is 16.2 Å². The van der Waals surface area contributed by atoms with Crippen molar-refractivity contribution in [3.8, 4) is 0 Å². The number of rotatable bonds is 15. The fraction of sp³-hybridized carbons (Fsp3) is 0.870. The Bertz CT molecular complexity index is 487. The van der Waals surface area contributed by atoms with Gasteiger partial charge in [-0.2, -0.15) is 0 Å². The van der Waals surface area contributed by atoms with E-state index in [1.165, 1.54) is 25.0 Å². The van der Waals surface area contributed by atoms with E-state index in [1.807, 2.05) is 0 Å². The molecule has 0 rings (SSSR count). The summed E-state index contributed by atoms with van der Waals surface area (Å²) in [6.07, 6.45) is 9.40. The second-order valence-electron chi connectivity index (χ2n) is 9.81. The van der Waals surface area contributed by atoms with Crippen LogP contribution in [0.15, 0.2) is 12.7 Å². The number of carbonyl (C=O) groups excluding carboxylic acids is 1. The fourth-order valence-corrected chi connectivity index (χ4v) is 13.2. The molecular formula is C23H49NO2Si2. The van der Waals surface area contributed by atoms with Crippen LogP contribution in [0.3, 0.4) is 0 Å². The summed E-state index contributed by atoms with van der Waals surface area (Å²) in [5.41, 5.74) is 0. The van der Waals surface area contributed by atoms with Crippen LogP contribution in [0.1, 0.15) is 79.6 Å². The second kappa shape index (κ2) is 11.7. The van der Waals surface area contributed by atoms with Gasteiger partial charge in [-0.1, -0.05) is 79.6 Å².